The van der Waals surface area contributed by atoms with Crippen molar-refractivity contribution in [3.63, 3.8) is 0 Å². The van der Waals surface area contributed by atoms with Crippen molar-refractivity contribution in [1.29, 1.82) is 0 Å². The molecule has 0 saturated carbocycles. The lowest BCUT2D eigenvalue weighted by molar-refractivity contribution is -0.116. The van der Waals surface area contributed by atoms with Crippen LogP contribution < -0.4 is 11.1 Å². The summed E-state index contributed by atoms with van der Waals surface area (Å²) in [6.07, 6.45) is 2.70. The predicted octanol–water partition coefficient (Wildman–Crippen LogP) is 3.45. The number of carbonyl (C=O) groups excluding carboxylic acids is 1. The first-order chi connectivity index (χ1) is 9.95. The van der Waals surface area contributed by atoms with E-state index in [1.807, 2.05) is 39.0 Å². The number of anilines is 1. The van der Waals surface area contributed by atoms with Gasteiger partial charge in [0, 0.05) is 23.7 Å². The topological polar surface area (TPSA) is 81.2 Å². The number of oxazole rings is 1. The predicted molar refractivity (Wildman–Crippen MR) is 90.2 cm³/mol. The minimum Gasteiger partial charge on any atom is -0.444 e. The van der Waals surface area contributed by atoms with E-state index in [0.717, 1.165) is 22.5 Å². The standard InChI is InChI=1S/C16H21N3O2.ClH/c1-10-4-6-13(19-15(20)7-5-11(2)17)8-14(10)16-18-12(3)9-21-16;/h4,6,8-9,11H,5,7,17H2,1-3H3,(H,19,20);1H. The van der Waals surface area contributed by atoms with Crippen LogP contribution in [-0.4, -0.2) is 16.9 Å². The highest BCUT2D eigenvalue weighted by Crippen LogP contribution is 2.26. The quantitative estimate of drug-likeness (QED) is 0.883. The van der Waals surface area contributed by atoms with E-state index in [1.54, 1.807) is 6.26 Å². The van der Waals surface area contributed by atoms with E-state index in [2.05, 4.69) is 10.3 Å². The average molecular weight is 324 g/mol. The molecule has 1 amide bonds. The molecule has 0 saturated heterocycles. The summed E-state index contributed by atoms with van der Waals surface area (Å²) in [6.45, 7) is 5.75. The first kappa shape index (κ1) is 18.2. The summed E-state index contributed by atoms with van der Waals surface area (Å²) in [6, 6.07) is 5.72. The van der Waals surface area contributed by atoms with Crippen molar-refractivity contribution in [2.45, 2.75) is 39.7 Å². The van der Waals surface area contributed by atoms with Crippen LogP contribution in [0.4, 0.5) is 5.69 Å². The van der Waals surface area contributed by atoms with Gasteiger partial charge in [-0.15, -0.1) is 12.4 Å². The summed E-state index contributed by atoms with van der Waals surface area (Å²) in [5.74, 6) is 0.530. The van der Waals surface area contributed by atoms with Gasteiger partial charge in [-0.05, 0) is 44.9 Å². The van der Waals surface area contributed by atoms with E-state index in [1.165, 1.54) is 0 Å². The molecular weight excluding hydrogens is 302 g/mol. The molecule has 6 heteroatoms. The largest absolute Gasteiger partial charge is 0.444 e. The van der Waals surface area contributed by atoms with E-state index >= 15 is 0 Å². The minimum atomic E-state index is -0.0364. The Bertz CT molecular complexity index is 638. The highest BCUT2D eigenvalue weighted by molar-refractivity contribution is 5.91. The van der Waals surface area contributed by atoms with Crippen LogP contribution in [0, 0.1) is 13.8 Å². The lowest BCUT2D eigenvalue weighted by Crippen LogP contribution is -2.19. The van der Waals surface area contributed by atoms with Crippen LogP contribution in [0.3, 0.4) is 0 Å². The van der Waals surface area contributed by atoms with Gasteiger partial charge in [-0.3, -0.25) is 4.79 Å². The van der Waals surface area contributed by atoms with E-state index in [-0.39, 0.29) is 24.4 Å². The lowest BCUT2D eigenvalue weighted by Gasteiger charge is -2.09. The molecule has 5 nitrogen and oxygen atoms in total. The number of nitrogens with zero attached hydrogens (tertiary/aromatic N) is 1. The number of aryl methyl sites for hydroxylation is 2. The molecule has 1 unspecified atom stereocenters. The van der Waals surface area contributed by atoms with Gasteiger partial charge >= 0.3 is 0 Å². The second kappa shape index (κ2) is 7.96. The second-order valence-electron chi connectivity index (χ2n) is 5.39. The van der Waals surface area contributed by atoms with Crippen molar-refractivity contribution in [2.75, 3.05) is 5.32 Å². The number of aromatic nitrogens is 1. The number of hydrogen-bond acceptors (Lipinski definition) is 4. The van der Waals surface area contributed by atoms with Gasteiger partial charge in [-0.1, -0.05) is 6.07 Å². The first-order valence-electron chi connectivity index (χ1n) is 7.04. The molecule has 0 aliphatic heterocycles. The van der Waals surface area contributed by atoms with Crippen molar-refractivity contribution >= 4 is 24.0 Å². The maximum Gasteiger partial charge on any atom is 0.226 e. The average Bonchev–Trinajstić information content (AvgIpc) is 2.85. The normalized spacial score (nSPS) is 11.6. The Labute approximate surface area is 136 Å². The smallest absolute Gasteiger partial charge is 0.226 e. The Morgan fingerprint density at radius 2 is 2.14 bits per heavy atom. The molecule has 120 valence electrons. The summed E-state index contributed by atoms with van der Waals surface area (Å²) in [5.41, 5.74) is 9.15. The molecule has 1 aromatic carbocycles. The van der Waals surface area contributed by atoms with Gasteiger partial charge in [-0.2, -0.15) is 0 Å². The fourth-order valence-electron chi connectivity index (χ4n) is 1.99. The molecule has 2 rings (SSSR count). The summed E-state index contributed by atoms with van der Waals surface area (Å²) < 4.78 is 5.43. The molecule has 0 aliphatic carbocycles. The van der Waals surface area contributed by atoms with Crippen LogP contribution in [0.15, 0.2) is 28.9 Å². The molecule has 1 heterocycles. The Balaban J connectivity index is 0.00000242. The fourth-order valence-corrected chi connectivity index (χ4v) is 1.99. The molecule has 0 spiro atoms. The molecule has 1 aromatic heterocycles. The third-order valence-electron chi connectivity index (χ3n) is 3.20. The summed E-state index contributed by atoms with van der Waals surface area (Å²) >= 11 is 0. The van der Waals surface area contributed by atoms with Gasteiger partial charge in [-0.25, -0.2) is 4.98 Å². The number of nitrogens with one attached hydrogen (secondary N) is 1. The fraction of sp³-hybridized carbons (Fsp3) is 0.375. The molecule has 22 heavy (non-hydrogen) atoms. The van der Waals surface area contributed by atoms with Crippen LogP contribution in [0.2, 0.25) is 0 Å². The number of rotatable bonds is 5. The first-order valence-corrected chi connectivity index (χ1v) is 7.04. The van der Waals surface area contributed by atoms with Crippen LogP contribution >= 0.6 is 12.4 Å². The molecule has 0 bridgehead atoms. The third-order valence-corrected chi connectivity index (χ3v) is 3.20. The second-order valence-corrected chi connectivity index (χ2v) is 5.39. The molecule has 1 atom stereocenters. The van der Waals surface area contributed by atoms with Gasteiger partial charge in [0.2, 0.25) is 11.8 Å². The molecule has 0 radical (unpaired) electrons. The molecular formula is C16H22ClN3O2. The SMILES string of the molecule is Cc1coc(-c2cc(NC(=O)CCC(C)N)ccc2C)n1.Cl. The monoisotopic (exact) mass is 323 g/mol. The molecule has 0 aliphatic rings. The van der Waals surface area contributed by atoms with Gasteiger partial charge in [0.05, 0.1) is 5.69 Å². The summed E-state index contributed by atoms with van der Waals surface area (Å²) in [4.78, 5) is 16.2. The van der Waals surface area contributed by atoms with Crippen LogP contribution in [0.1, 0.15) is 31.0 Å². The third kappa shape index (κ3) is 4.86. The Hall–Kier alpha value is -1.85. The van der Waals surface area contributed by atoms with Gasteiger partial charge in [0.15, 0.2) is 0 Å². The van der Waals surface area contributed by atoms with Gasteiger partial charge in [0.25, 0.3) is 0 Å². The highest BCUT2D eigenvalue weighted by Gasteiger charge is 2.10. The zero-order valence-corrected chi connectivity index (χ0v) is 13.9. The zero-order valence-electron chi connectivity index (χ0n) is 13.1. The van der Waals surface area contributed by atoms with E-state index in [0.29, 0.717) is 18.7 Å². The highest BCUT2D eigenvalue weighted by atomic mass is 35.5. The molecule has 3 N–H and O–H groups in total. The number of benzene rings is 1. The number of carbonyl (C=O) groups is 1. The Kier molecular flexibility index (Phi) is 6.59. The van der Waals surface area contributed by atoms with Crippen molar-refractivity contribution in [3.8, 4) is 11.5 Å². The number of amides is 1. The number of nitrogens with two attached hydrogens (primary N) is 1. The maximum absolute atomic E-state index is 11.8. The van der Waals surface area contributed by atoms with E-state index in [9.17, 15) is 4.79 Å². The lowest BCUT2D eigenvalue weighted by atomic mass is 10.1. The number of halogens is 1. The number of hydrogen-bond donors (Lipinski definition) is 2. The Morgan fingerprint density at radius 1 is 1.41 bits per heavy atom. The van der Waals surface area contributed by atoms with E-state index < -0.39 is 0 Å². The molecule has 0 fully saturated rings. The molecule has 2 aromatic rings. The van der Waals surface area contributed by atoms with Crippen molar-refractivity contribution in [1.82, 2.24) is 4.98 Å². The van der Waals surface area contributed by atoms with Crippen molar-refractivity contribution in [2.24, 2.45) is 5.73 Å². The van der Waals surface area contributed by atoms with Crippen LogP contribution in [0.25, 0.3) is 11.5 Å². The minimum absolute atomic E-state index is 0. The van der Waals surface area contributed by atoms with E-state index in [4.69, 9.17) is 10.2 Å². The summed E-state index contributed by atoms with van der Waals surface area (Å²) in [7, 11) is 0. The Morgan fingerprint density at radius 3 is 2.73 bits per heavy atom. The van der Waals surface area contributed by atoms with Gasteiger partial charge < -0.3 is 15.5 Å². The zero-order chi connectivity index (χ0) is 15.4. The summed E-state index contributed by atoms with van der Waals surface area (Å²) in [5, 5.41) is 2.88. The van der Waals surface area contributed by atoms with Crippen LogP contribution in [-0.2, 0) is 4.79 Å². The maximum atomic E-state index is 11.8. The van der Waals surface area contributed by atoms with Crippen LogP contribution in [0.5, 0.6) is 0 Å². The van der Waals surface area contributed by atoms with Crippen molar-refractivity contribution in [3.05, 3.63) is 35.7 Å². The van der Waals surface area contributed by atoms with Gasteiger partial charge in [0.1, 0.15) is 6.26 Å². The van der Waals surface area contributed by atoms with Crippen molar-refractivity contribution < 1.29 is 9.21 Å².